The number of hydrogen-bond donors (Lipinski definition) is 1. The van der Waals surface area contributed by atoms with Crippen LogP contribution in [0.5, 0.6) is 11.5 Å². The standard InChI is InChI=1S/C17H20BrNOS/c1-3-10-19-12-13-8-9-15(14(18)11-13)20-16-6-4-5-7-17(16)21-2/h4-9,11,19H,3,10,12H2,1-2H3. The lowest BCUT2D eigenvalue weighted by molar-refractivity contribution is 0.468. The normalized spacial score (nSPS) is 10.6. The van der Waals surface area contributed by atoms with Gasteiger partial charge in [-0.15, -0.1) is 11.8 Å². The highest BCUT2D eigenvalue weighted by molar-refractivity contribution is 9.10. The predicted octanol–water partition coefficient (Wildman–Crippen LogP) is 5.46. The van der Waals surface area contributed by atoms with E-state index in [1.165, 1.54) is 5.56 Å². The van der Waals surface area contributed by atoms with Crippen molar-refractivity contribution in [1.29, 1.82) is 0 Å². The van der Waals surface area contributed by atoms with Gasteiger partial charge in [0.05, 0.1) is 4.47 Å². The second kappa shape index (κ2) is 8.47. The molecule has 0 amide bonds. The Labute approximate surface area is 139 Å². The fraction of sp³-hybridized carbons (Fsp3) is 0.294. The number of thioether (sulfide) groups is 1. The minimum absolute atomic E-state index is 0.843. The van der Waals surface area contributed by atoms with Crippen LogP contribution in [0.2, 0.25) is 0 Å². The predicted molar refractivity (Wildman–Crippen MR) is 94.4 cm³/mol. The maximum atomic E-state index is 6.02. The number of nitrogens with one attached hydrogen (secondary N) is 1. The molecule has 4 heteroatoms. The smallest absolute Gasteiger partial charge is 0.141 e. The van der Waals surface area contributed by atoms with E-state index < -0.39 is 0 Å². The van der Waals surface area contributed by atoms with Crippen molar-refractivity contribution in [2.24, 2.45) is 0 Å². The Morgan fingerprint density at radius 1 is 1.14 bits per heavy atom. The third kappa shape index (κ3) is 4.77. The van der Waals surface area contributed by atoms with Crippen LogP contribution in [-0.2, 0) is 6.54 Å². The molecule has 2 nitrogen and oxygen atoms in total. The highest BCUT2D eigenvalue weighted by atomic mass is 79.9. The number of ether oxygens (including phenoxy) is 1. The van der Waals surface area contributed by atoms with Crippen LogP contribution in [0.1, 0.15) is 18.9 Å². The topological polar surface area (TPSA) is 21.3 Å². The molecule has 2 aromatic rings. The van der Waals surface area contributed by atoms with Gasteiger partial charge in [-0.3, -0.25) is 0 Å². The summed E-state index contributed by atoms with van der Waals surface area (Å²) in [5.41, 5.74) is 1.25. The van der Waals surface area contributed by atoms with Gasteiger partial charge in [0, 0.05) is 11.4 Å². The van der Waals surface area contributed by atoms with Crippen LogP contribution in [0.4, 0.5) is 0 Å². The molecule has 2 aromatic carbocycles. The summed E-state index contributed by atoms with van der Waals surface area (Å²) in [5, 5.41) is 3.40. The molecule has 0 aliphatic carbocycles. The van der Waals surface area contributed by atoms with Crippen LogP contribution in [0.25, 0.3) is 0 Å². The lowest BCUT2D eigenvalue weighted by Gasteiger charge is -2.12. The van der Waals surface area contributed by atoms with E-state index >= 15 is 0 Å². The van der Waals surface area contributed by atoms with Gasteiger partial charge in [-0.2, -0.15) is 0 Å². The summed E-state index contributed by atoms with van der Waals surface area (Å²) in [5.74, 6) is 1.73. The quantitative estimate of drug-likeness (QED) is 0.519. The Balaban J connectivity index is 2.10. The van der Waals surface area contributed by atoms with Crippen molar-refractivity contribution in [3.63, 3.8) is 0 Å². The van der Waals surface area contributed by atoms with E-state index in [4.69, 9.17) is 4.74 Å². The van der Waals surface area contributed by atoms with Crippen molar-refractivity contribution in [3.05, 3.63) is 52.5 Å². The summed E-state index contributed by atoms with van der Waals surface area (Å²) in [6.45, 7) is 4.09. The van der Waals surface area contributed by atoms with E-state index in [1.807, 2.05) is 24.3 Å². The molecule has 1 N–H and O–H groups in total. The Bertz CT molecular complexity index is 589. The number of halogens is 1. The van der Waals surface area contributed by atoms with E-state index in [0.29, 0.717) is 0 Å². The highest BCUT2D eigenvalue weighted by Crippen LogP contribution is 2.35. The van der Waals surface area contributed by atoms with Crippen molar-refractivity contribution >= 4 is 27.7 Å². The zero-order valence-electron chi connectivity index (χ0n) is 12.4. The largest absolute Gasteiger partial charge is 0.455 e. The molecule has 0 saturated heterocycles. The van der Waals surface area contributed by atoms with E-state index in [9.17, 15) is 0 Å². The molecule has 0 bridgehead atoms. The molecule has 0 atom stereocenters. The van der Waals surface area contributed by atoms with Crippen molar-refractivity contribution < 1.29 is 4.74 Å². The first kappa shape index (κ1) is 16.4. The number of rotatable bonds is 7. The number of para-hydroxylation sites is 1. The molecule has 0 unspecified atom stereocenters. The van der Waals surface area contributed by atoms with Crippen molar-refractivity contribution in [3.8, 4) is 11.5 Å². The van der Waals surface area contributed by atoms with Crippen LogP contribution in [0.3, 0.4) is 0 Å². The van der Waals surface area contributed by atoms with Gasteiger partial charge in [0.1, 0.15) is 11.5 Å². The first-order valence-electron chi connectivity index (χ1n) is 7.04. The second-order valence-electron chi connectivity index (χ2n) is 4.69. The maximum absolute atomic E-state index is 6.02. The molecule has 0 aliphatic rings. The molecule has 0 saturated carbocycles. The van der Waals surface area contributed by atoms with E-state index in [0.717, 1.165) is 40.4 Å². The Morgan fingerprint density at radius 2 is 1.95 bits per heavy atom. The minimum atomic E-state index is 0.843. The Hall–Kier alpha value is -0.970. The van der Waals surface area contributed by atoms with E-state index in [-0.39, 0.29) is 0 Å². The third-order valence-electron chi connectivity index (χ3n) is 3.04. The van der Waals surface area contributed by atoms with Crippen molar-refractivity contribution in [2.45, 2.75) is 24.8 Å². The zero-order chi connectivity index (χ0) is 15.1. The van der Waals surface area contributed by atoms with Gasteiger partial charge in [0.25, 0.3) is 0 Å². The molecule has 2 rings (SSSR count). The Kier molecular flexibility index (Phi) is 6.61. The molecule has 0 fully saturated rings. The van der Waals surface area contributed by atoms with Gasteiger partial charge in [0.2, 0.25) is 0 Å². The fourth-order valence-electron chi connectivity index (χ4n) is 1.97. The van der Waals surface area contributed by atoms with Crippen molar-refractivity contribution in [1.82, 2.24) is 5.32 Å². The molecule has 0 heterocycles. The molecule has 0 spiro atoms. The lowest BCUT2D eigenvalue weighted by atomic mass is 10.2. The molecule has 112 valence electrons. The zero-order valence-corrected chi connectivity index (χ0v) is 14.8. The van der Waals surface area contributed by atoms with Gasteiger partial charge in [-0.05, 0) is 65.0 Å². The van der Waals surface area contributed by atoms with Gasteiger partial charge in [-0.1, -0.05) is 25.1 Å². The summed E-state index contributed by atoms with van der Waals surface area (Å²) in [4.78, 5) is 1.14. The lowest BCUT2D eigenvalue weighted by Crippen LogP contribution is -2.13. The molecule has 21 heavy (non-hydrogen) atoms. The summed E-state index contributed by atoms with van der Waals surface area (Å²) in [7, 11) is 0. The van der Waals surface area contributed by atoms with Gasteiger partial charge in [-0.25, -0.2) is 0 Å². The summed E-state index contributed by atoms with van der Waals surface area (Å²) in [6.07, 6.45) is 3.20. The average Bonchev–Trinajstić information content (AvgIpc) is 2.50. The van der Waals surface area contributed by atoms with Crippen LogP contribution >= 0.6 is 27.7 Å². The van der Waals surface area contributed by atoms with Crippen LogP contribution < -0.4 is 10.1 Å². The first-order valence-corrected chi connectivity index (χ1v) is 9.06. The summed E-state index contributed by atoms with van der Waals surface area (Å²) in [6, 6.07) is 14.3. The second-order valence-corrected chi connectivity index (χ2v) is 6.40. The third-order valence-corrected chi connectivity index (χ3v) is 4.44. The Morgan fingerprint density at radius 3 is 2.67 bits per heavy atom. The van der Waals surface area contributed by atoms with Crippen LogP contribution in [0, 0.1) is 0 Å². The maximum Gasteiger partial charge on any atom is 0.141 e. The van der Waals surface area contributed by atoms with E-state index in [2.05, 4.69) is 52.6 Å². The molecule has 0 aliphatic heterocycles. The molecular formula is C17H20BrNOS. The number of benzene rings is 2. The fourth-order valence-corrected chi connectivity index (χ4v) is 3.00. The van der Waals surface area contributed by atoms with Crippen LogP contribution in [-0.4, -0.2) is 12.8 Å². The van der Waals surface area contributed by atoms with Gasteiger partial charge < -0.3 is 10.1 Å². The summed E-state index contributed by atoms with van der Waals surface area (Å²) >= 11 is 5.29. The van der Waals surface area contributed by atoms with Crippen molar-refractivity contribution in [2.75, 3.05) is 12.8 Å². The summed E-state index contributed by atoms with van der Waals surface area (Å²) < 4.78 is 7.00. The molecule has 0 aromatic heterocycles. The highest BCUT2D eigenvalue weighted by Gasteiger charge is 2.07. The average molecular weight is 366 g/mol. The first-order chi connectivity index (χ1) is 10.2. The SMILES string of the molecule is CCCNCc1ccc(Oc2ccccc2SC)c(Br)c1. The minimum Gasteiger partial charge on any atom is -0.455 e. The monoisotopic (exact) mass is 365 g/mol. The van der Waals surface area contributed by atoms with Gasteiger partial charge in [0.15, 0.2) is 0 Å². The number of hydrogen-bond acceptors (Lipinski definition) is 3. The molecule has 0 radical (unpaired) electrons. The van der Waals surface area contributed by atoms with Gasteiger partial charge >= 0.3 is 0 Å². The van der Waals surface area contributed by atoms with Crippen LogP contribution in [0.15, 0.2) is 51.8 Å². The van der Waals surface area contributed by atoms with E-state index in [1.54, 1.807) is 11.8 Å². The molecular weight excluding hydrogens is 346 g/mol.